The fraction of sp³-hybridized carbons (Fsp3) is 0.864. The number of carbonyl (C=O) groups is 3. The number of hydrogen-bond donors (Lipinski definition) is 2. The number of urea groups is 1. The van der Waals surface area contributed by atoms with E-state index in [2.05, 4.69) is 27.4 Å². The summed E-state index contributed by atoms with van der Waals surface area (Å²) in [5.41, 5.74) is 0. The lowest BCUT2D eigenvalue weighted by atomic mass is 9.84. The van der Waals surface area contributed by atoms with E-state index in [0.29, 0.717) is 12.5 Å². The number of amides is 4. The lowest BCUT2D eigenvalue weighted by molar-refractivity contribution is -0.132. The molecule has 0 aromatic carbocycles. The van der Waals surface area contributed by atoms with Gasteiger partial charge in [0.2, 0.25) is 11.8 Å². The highest BCUT2D eigenvalue weighted by Crippen LogP contribution is 2.49. The molecule has 0 aromatic rings. The summed E-state index contributed by atoms with van der Waals surface area (Å²) in [5.74, 6) is 2.11. The number of fused-ring (bicyclic) bond motifs is 2. The molecule has 0 spiro atoms. The minimum atomic E-state index is -0.370. The van der Waals surface area contributed by atoms with Crippen LogP contribution in [0.25, 0.3) is 0 Å². The molecule has 4 rings (SSSR count). The summed E-state index contributed by atoms with van der Waals surface area (Å²) >= 11 is 0. The number of hydrogen-bond acceptors (Lipinski definition) is 5. The van der Waals surface area contributed by atoms with Gasteiger partial charge in [-0.1, -0.05) is 6.42 Å². The molecule has 2 saturated carbocycles. The molecule has 0 radical (unpaired) electrons. The van der Waals surface area contributed by atoms with Gasteiger partial charge in [0.05, 0.1) is 13.1 Å². The molecule has 2 heterocycles. The third kappa shape index (κ3) is 5.32. The van der Waals surface area contributed by atoms with Crippen molar-refractivity contribution in [3.63, 3.8) is 0 Å². The Balaban J connectivity index is 1.12. The van der Waals surface area contributed by atoms with Gasteiger partial charge in [0.1, 0.15) is 0 Å². The first-order valence-electron chi connectivity index (χ1n) is 11.8. The van der Waals surface area contributed by atoms with Gasteiger partial charge in [-0.3, -0.25) is 24.7 Å². The quantitative estimate of drug-likeness (QED) is 0.668. The van der Waals surface area contributed by atoms with Gasteiger partial charge in [0.15, 0.2) is 0 Å². The van der Waals surface area contributed by atoms with Gasteiger partial charge in [0, 0.05) is 45.3 Å². The van der Waals surface area contributed by atoms with Crippen LogP contribution in [0.3, 0.4) is 0 Å². The van der Waals surface area contributed by atoms with E-state index in [4.69, 9.17) is 0 Å². The Kier molecular flexibility index (Phi) is 6.93. The highest BCUT2D eigenvalue weighted by atomic mass is 16.2. The zero-order valence-electron chi connectivity index (χ0n) is 18.3. The van der Waals surface area contributed by atoms with Crippen molar-refractivity contribution in [3.8, 4) is 0 Å². The van der Waals surface area contributed by atoms with E-state index in [-0.39, 0.29) is 30.4 Å². The van der Waals surface area contributed by atoms with Gasteiger partial charge in [0.25, 0.3) is 0 Å². The summed E-state index contributed by atoms with van der Waals surface area (Å²) in [6.45, 7) is 7.59. The van der Waals surface area contributed by atoms with Crippen LogP contribution >= 0.6 is 0 Å². The highest BCUT2D eigenvalue weighted by Gasteiger charge is 2.42. The minimum Gasteiger partial charge on any atom is -0.342 e. The summed E-state index contributed by atoms with van der Waals surface area (Å²) in [5, 5.41) is 5.49. The van der Waals surface area contributed by atoms with E-state index in [1.807, 2.05) is 4.90 Å². The van der Waals surface area contributed by atoms with E-state index in [1.54, 1.807) is 0 Å². The van der Waals surface area contributed by atoms with E-state index < -0.39 is 0 Å². The molecule has 4 aliphatic rings. The summed E-state index contributed by atoms with van der Waals surface area (Å²) < 4.78 is 0. The Hall–Kier alpha value is -1.67. The molecule has 2 N–H and O–H groups in total. The maximum atomic E-state index is 12.3. The molecule has 2 aliphatic heterocycles. The van der Waals surface area contributed by atoms with Gasteiger partial charge in [-0.05, 0) is 56.8 Å². The maximum Gasteiger partial charge on any atom is 0.321 e. The van der Waals surface area contributed by atoms with Gasteiger partial charge >= 0.3 is 6.03 Å². The summed E-state index contributed by atoms with van der Waals surface area (Å²) in [4.78, 5) is 43.0. The third-order valence-corrected chi connectivity index (χ3v) is 7.70. The van der Waals surface area contributed by atoms with Crippen LogP contribution in [0, 0.1) is 17.8 Å². The average molecular weight is 420 g/mol. The predicted octanol–water partition coefficient (Wildman–Crippen LogP) is 0.877. The Morgan fingerprint density at radius 1 is 0.900 bits per heavy atom. The van der Waals surface area contributed by atoms with E-state index >= 15 is 0 Å². The van der Waals surface area contributed by atoms with Crippen molar-refractivity contribution in [2.75, 3.05) is 52.4 Å². The number of nitrogens with one attached hydrogen (secondary N) is 2. The molecule has 8 heteroatoms. The monoisotopic (exact) mass is 419 g/mol. The maximum absolute atomic E-state index is 12.3. The minimum absolute atomic E-state index is 0.116. The lowest BCUT2D eigenvalue weighted by Crippen LogP contribution is -2.53. The second-order valence-electron chi connectivity index (χ2n) is 9.79. The SMILES string of the molecule is C[C@@H](NC(=O)NC(=O)CN1CCN(CC(=O)N2CCCC2)CC1)[C@@H]1C[C@H]2CC[C@H]1C2. The van der Waals surface area contributed by atoms with Crippen molar-refractivity contribution >= 4 is 17.8 Å². The first kappa shape index (κ1) is 21.6. The van der Waals surface area contributed by atoms with Crippen LogP contribution in [0.15, 0.2) is 0 Å². The van der Waals surface area contributed by atoms with Gasteiger partial charge in [-0.2, -0.15) is 0 Å². The molecule has 2 bridgehead atoms. The number of nitrogens with zero attached hydrogens (tertiary/aromatic N) is 3. The predicted molar refractivity (Wildman–Crippen MR) is 114 cm³/mol. The lowest BCUT2D eigenvalue weighted by Gasteiger charge is -2.34. The molecule has 4 amide bonds. The number of likely N-dealkylation sites (tertiary alicyclic amines) is 1. The second-order valence-corrected chi connectivity index (χ2v) is 9.79. The summed E-state index contributed by atoms with van der Waals surface area (Å²) in [6.07, 6.45) is 7.39. The fourth-order valence-corrected chi connectivity index (χ4v) is 5.99. The second kappa shape index (κ2) is 9.64. The van der Waals surface area contributed by atoms with Crippen molar-refractivity contribution in [1.29, 1.82) is 0 Å². The zero-order valence-corrected chi connectivity index (χ0v) is 18.3. The van der Waals surface area contributed by atoms with Crippen LogP contribution in [0.1, 0.15) is 45.4 Å². The highest BCUT2D eigenvalue weighted by molar-refractivity contribution is 5.95. The largest absolute Gasteiger partial charge is 0.342 e. The zero-order chi connectivity index (χ0) is 21.1. The Bertz CT molecular complexity index is 643. The molecule has 0 aromatic heterocycles. The molecular weight excluding hydrogens is 382 g/mol. The van der Waals surface area contributed by atoms with Crippen LogP contribution in [0.4, 0.5) is 4.79 Å². The van der Waals surface area contributed by atoms with Crippen LogP contribution in [-0.2, 0) is 9.59 Å². The van der Waals surface area contributed by atoms with E-state index in [9.17, 15) is 14.4 Å². The molecule has 2 saturated heterocycles. The van der Waals surface area contributed by atoms with Gasteiger partial charge in [-0.15, -0.1) is 0 Å². The molecule has 2 aliphatic carbocycles. The first-order chi connectivity index (χ1) is 14.5. The number of rotatable bonds is 6. The first-order valence-corrected chi connectivity index (χ1v) is 11.8. The normalized spacial score (nSPS) is 30.4. The molecule has 4 atom stereocenters. The molecule has 168 valence electrons. The molecule has 4 fully saturated rings. The Labute approximate surface area is 179 Å². The van der Waals surface area contributed by atoms with Crippen LogP contribution < -0.4 is 10.6 Å². The molecule has 0 unspecified atom stereocenters. The summed E-state index contributed by atoms with van der Waals surface area (Å²) in [6, 6.07) is -0.255. The van der Waals surface area contributed by atoms with Crippen molar-refractivity contribution in [2.24, 2.45) is 17.8 Å². The standard InChI is InChI=1S/C22H37N5O3/c1-16(19-13-17-4-5-18(19)12-17)23-22(30)24-20(28)14-25-8-10-26(11-9-25)15-21(29)27-6-2-3-7-27/h16-19H,2-15H2,1H3,(H2,23,24,28,30)/t16-,17+,18+,19+/m1/s1. The molecular formula is C22H37N5O3. The van der Waals surface area contributed by atoms with Crippen LogP contribution in [0.2, 0.25) is 0 Å². The van der Waals surface area contributed by atoms with Gasteiger partial charge in [-0.25, -0.2) is 4.79 Å². The van der Waals surface area contributed by atoms with Crippen molar-refractivity contribution in [3.05, 3.63) is 0 Å². The number of imide groups is 1. The average Bonchev–Trinajstić information content (AvgIpc) is 3.47. The van der Waals surface area contributed by atoms with Crippen LogP contribution in [0.5, 0.6) is 0 Å². The Morgan fingerprint density at radius 2 is 1.57 bits per heavy atom. The van der Waals surface area contributed by atoms with Gasteiger partial charge < -0.3 is 10.2 Å². The van der Waals surface area contributed by atoms with Crippen LogP contribution in [-0.4, -0.2) is 90.9 Å². The smallest absolute Gasteiger partial charge is 0.321 e. The van der Waals surface area contributed by atoms with Crippen molar-refractivity contribution in [1.82, 2.24) is 25.3 Å². The summed E-state index contributed by atoms with van der Waals surface area (Å²) in [7, 11) is 0. The number of piperazine rings is 1. The third-order valence-electron chi connectivity index (χ3n) is 7.70. The van der Waals surface area contributed by atoms with Crippen molar-refractivity contribution in [2.45, 2.75) is 51.5 Å². The Morgan fingerprint density at radius 3 is 2.17 bits per heavy atom. The molecule has 30 heavy (non-hydrogen) atoms. The molecule has 8 nitrogen and oxygen atoms in total. The van der Waals surface area contributed by atoms with E-state index in [0.717, 1.165) is 63.9 Å². The van der Waals surface area contributed by atoms with Crippen molar-refractivity contribution < 1.29 is 14.4 Å². The number of carbonyl (C=O) groups excluding carboxylic acids is 3. The topological polar surface area (TPSA) is 85.0 Å². The van der Waals surface area contributed by atoms with E-state index in [1.165, 1.54) is 25.7 Å². The fourth-order valence-electron chi connectivity index (χ4n) is 5.99.